The van der Waals surface area contributed by atoms with Gasteiger partial charge in [0.1, 0.15) is 0 Å². The van der Waals surface area contributed by atoms with E-state index in [4.69, 9.17) is 0 Å². The van der Waals surface area contributed by atoms with Crippen molar-refractivity contribution in [1.82, 2.24) is 0 Å². The Kier molecular flexibility index (Phi) is 7.06. The molecule has 0 atom stereocenters. The fourth-order valence-electron chi connectivity index (χ4n) is 0.908. The zero-order valence-corrected chi connectivity index (χ0v) is 11.5. The van der Waals surface area contributed by atoms with Gasteiger partial charge in [-0.15, -0.1) is 11.3 Å². The smallest absolute Gasteiger partial charge is 0.00169 e. The fourth-order valence-corrected chi connectivity index (χ4v) is 1.60. The van der Waals surface area contributed by atoms with E-state index in [0.717, 1.165) is 0 Å². The molecule has 84 valence electrons. The first kappa shape index (κ1) is 14.2. The summed E-state index contributed by atoms with van der Waals surface area (Å²) in [5.74, 6) is 0. The Hall–Kier alpha value is -0.820. The van der Waals surface area contributed by atoms with Crippen LogP contribution in [0.1, 0.15) is 38.1 Å². The van der Waals surface area contributed by atoms with Gasteiger partial charge >= 0.3 is 0 Å². The molecule has 0 radical (unpaired) electrons. The topological polar surface area (TPSA) is 0 Å². The van der Waals surface area contributed by atoms with E-state index < -0.39 is 0 Å². The Morgan fingerprint density at radius 2 is 1.47 bits per heavy atom. The summed E-state index contributed by atoms with van der Waals surface area (Å²) in [6.07, 6.45) is 4.24. The summed E-state index contributed by atoms with van der Waals surface area (Å²) in [4.78, 5) is 1.40. The second-order valence-corrected chi connectivity index (χ2v) is 5.34. The van der Waals surface area contributed by atoms with Crippen molar-refractivity contribution >= 4 is 11.3 Å². The van der Waals surface area contributed by atoms with Gasteiger partial charge in [-0.3, -0.25) is 0 Å². The molecule has 0 unspecified atom stereocenters. The minimum atomic E-state index is 1.35. The highest BCUT2D eigenvalue weighted by atomic mass is 32.1. The zero-order valence-electron chi connectivity index (χ0n) is 10.7. The lowest BCUT2D eigenvalue weighted by atomic mass is 10.2. The number of allylic oxidation sites excluding steroid dienone is 4. The summed E-state index contributed by atoms with van der Waals surface area (Å²) in [7, 11) is 0. The molecule has 0 aliphatic rings. The quantitative estimate of drug-likeness (QED) is 0.567. The molecule has 1 rings (SSSR count). The van der Waals surface area contributed by atoms with Gasteiger partial charge in [0, 0.05) is 4.88 Å². The lowest BCUT2D eigenvalue weighted by Crippen LogP contribution is -1.62. The molecule has 0 aliphatic heterocycles. The Labute approximate surface area is 98.3 Å². The molecule has 0 aliphatic carbocycles. The molecule has 0 amide bonds. The normalized spacial score (nSPS) is 8.67. The average Bonchev–Trinajstić information content (AvgIpc) is 2.47. The Morgan fingerprint density at radius 3 is 1.60 bits per heavy atom. The standard InChI is InChI=1S/C8H14.C6H8S/c1-7(2)5-6-8(3)4;1-5-3-6(2)7-4-5/h5-6H,1-4H3;3-4H,1-2H3. The molecule has 15 heavy (non-hydrogen) atoms. The third-order valence-corrected chi connectivity index (χ3v) is 2.59. The molecule has 0 N–H and O–H groups in total. The number of hydrogen-bond donors (Lipinski definition) is 0. The van der Waals surface area contributed by atoms with Crippen LogP contribution in [0.4, 0.5) is 0 Å². The molecule has 1 aromatic heterocycles. The first-order valence-electron chi connectivity index (χ1n) is 5.22. The van der Waals surface area contributed by atoms with Crippen LogP contribution in [-0.2, 0) is 0 Å². The predicted molar refractivity (Wildman–Crippen MR) is 72.7 cm³/mol. The number of thiophene rings is 1. The van der Waals surface area contributed by atoms with Crippen molar-refractivity contribution in [1.29, 1.82) is 0 Å². The van der Waals surface area contributed by atoms with Crippen molar-refractivity contribution in [2.75, 3.05) is 0 Å². The van der Waals surface area contributed by atoms with Crippen LogP contribution in [0.2, 0.25) is 0 Å². The third kappa shape index (κ3) is 9.48. The molecule has 0 saturated heterocycles. The molecule has 0 nitrogen and oxygen atoms in total. The minimum Gasteiger partial charge on any atom is -0.149 e. The average molecular weight is 222 g/mol. The summed E-state index contributed by atoms with van der Waals surface area (Å²) in [6.45, 7) is 12.6. The summed E-state index contributed by atoms with van der Waals surface area (Å²) in [5.41, 5.74) is 4.08. The minimum absolute atomic E-state index is 1.35. The molecule has 0 spiro atoms. The van der Waals surface area contributed by atoms with Crippen molar-refractivity contribution in [3.05, 3.63) is 45.2 Å². The van der Waals surface area contributed by atoms with Gasteiger partial charge in [0.25, 0.3) is 0 Å². The van der Waals surface area contributed by atoms with Crippen LogP contribution in [0.15, 0.2) is 34.7 Å². The van der Waals surface area contributed by atoms with Crippen LogP contribution >= 0.6 is 11.3 Å². The Morgan fingerprint density at radius 1 is 1.00 bits per heavy atom. The van der Waals surface area contributed by atoms with Gasteiger partial charge in [0.15, 0.2) is 0 Å². The highest BCUT2D eigenvalue weighted by molar-refractivity contribution is 7.10. The van der Waals surface area contributed by atoms with Crippen molar-refractivity contribution in [2.24, 2.45) is 0 Å². The maximum Gasteiger partial charge on any atom is 0.00169 e. The maximum absolute atomic E-state index is 2.19. The fraction of sp³-hybridized carbons (Fsp3) is 0.429. The van der Waals surface area contributed by atoms with Gasteiger partial charge in [-0.2, -0.15) is 0 Å². The van der Waals surface area contributed by atoms with Crippen molar-refractivity contribution in [2.45, 2.75) is 41.5 Å². The molecule has 0 bridgehead atoms. The molecule has 1 heterocycles. The molecule has 0 fully saturated rings. The predicted octanol–water partition coefficient (Wildman–Crippen LogP) is 5.28. The van der Waals surface area contributed by atoms with Gasteiger partial charge in [-0.05, 0) is 58.6 Å². The van der Waals surface area contributed by atoms with E-state index in [-0.39, 0.29) is 0 Å². The SMILES string of the molecule is CC(C)=CC=C(C)C.Cc1csc(C)c1. The zero-order chi connectivity index (χ0) is 11.8. The van der Waals surface area contributed by atoms with E-state index in [1.807, 2.05) is 0 Å². The van der Waals surface area contributed by atoms with Crippen LogP contribution in [0.5, 0.6) is 0 Å². The second kappa shape index (κ2) is 7.47. The monoisotopic (exact) mass is 222 g/mol. The lowest BCUT2D eigenvalue weighted by molar-refractivity contribution is 1.35. The van der Waals surface area contributed by atoms with Gasteiger partial charge in [-0.25, -0.2) is 0 Å². The third-order valence-electron chi connectivity index (χ3n) is 1.61. The van der Waals surface area contributed by atoms with Gasteiger partial charge in [0.05, 0.1) is 0 Å². The van der Waals surface area contributed by atoms with Gasteiger partial charge in [-0.1, -0.05) is 23.3 Å². The first-order valence-corrected chi connectivity index (χ1v) is 6.10. The lowest BCUT2D eigenvalue weighted by Gasteiger charge is -1.84. The molecule has 0 aromatic carbocycles. The highest BCUT2D eigenvalue weighted by Crippen LogP contribution is 2.10. The van der Waals surface area contributed by atoms with E-state index in [1.54, 1.807) is 11.3 Å². The van der Waals surface area contributed by atoms with Crippen LogP contribution in [0.3, 0.4) is 0 Å². The van der Waals surface area contributed by atoms with Gasteiger partial charge in [0.2, 0.25) is 0 Å². The number of hydrogen-bond acceptors (Lipinski definition) is 1. The van der Waals surface area contributed by atoms with Crippen LogP contribution in [0, 0.1) is 13.8 Å². The summed E-state index contributed by atoms with van der Waals surface area (Å²) < 4.78 is 0. The Bertz CT molecular complexity index is 299. The summed E-state index contributed by atoms with van der Waals surface area (Å²) in [5, 5.41) is 2.16. The maximum atomic E-state index is 2.19. The van der Waals surface area contributed by atoms with E-state index in [1.165, 1.54) is 21.6 Å². The van der Waals surface area contributed by atoms with E-state index in [0.29, 0.717) is 0 Å². The summed E-state index contributed by atoms with van der Waals surface area (Å²) >= 11 is 1.80. The van der Waals surface area contributed by atoms with E-state index >= 15 is 0 Å². The highest BCUT2D eigenvalue weighted by Gasteiger charge is 1.84. The molecule has 1 heteroatoms. The first-order chi connectivity index (χ1) is 6.91. The Balaban J connectivity index is 0.000000262. The number of rotatable bonds is 1. The van der Waals surface area contributed by atoms with E-state index in [9.17, 15) is 0 Å². The molecule has 0 saturated carbocycles. The van der Waals surface area contributed by atoms with Crippen LogP contribution in [-0.4, -0.2) is 0 Å². The molecular weight excluding hydrogens is 200 g/mol. The summed E-state index contributed by atoms with van der Waals surface area (Å²) in [6, 6.07) is 2.19. The second-order valence-electron chi connectivity index (χ2n) is 4.22. The van der Waals surface area contributed by atoms with E-state index in [2.05, 4.69) is 65.1 Å². The molecular formula is C14H22S. The van der Waals surface area contributed by atoms with Crippen molar-refractivity contribution in [3.8, 4) is 0 Å². The molecule has 1 aromatic rings. The van der Waals surface area contributed by atoms with Crippen LogP contribution in [0.25, 0.3) is 0 Å². The van der Waals surface area contributed by atoms with Crippen molar-refractivity contribution < 1.29 is 0 Å². The van der Waals surface area contributed by atoms with Crippen molar-refractivity contribution in [3.63, 3.8) is 0 Å². The van der Waals surface area contributed by atoms with Crippen LogP contribution < -0.4 is 0 Å². The largest absolute Gasteiger partial charge is 0.149 e. The van der Waals surface area contributed by atoms with Gasteiger partial charge < -0.3 is 0 Å². The number of aryl methyl sites for hydroxylation is 2.